The maximum atomic E-state index is 12.1. The summed E-state index contributed by atoms with van der Waals surface area (Å²) >= 11 is 0. The summed E-state index contributed by atoms with van der Waals surface area (Å²) in [5, 5.41) is 10.1. The van der Waals surface area contributed by atoms with Crippen LogP contribution in [0.25, 0.3) is 0 Å². The van der Waals surface area contributed by atoms with Crippen molar-refractivity contribution in [1.29, 1.82) is 0 Å². The van der Waals surface area contributed by atoms with Crippen LogP contribution in [-0.4, -0.2) is 58.9 Å². The molecule has 22 heavy (non-hydrogen) atoms. The lowest BCUT2D eigenvalue weighted by Crippen LogP contribution is -2.52. The van der Waals surface area contributed by atoms with Gasteiger partial charge in [-0.15, -0.1) is 0 Å². The van der Waals surface area contributed by atoms with Crippen molar-refractivity contribution in [2.75, 3.05) is 26.2 Å². The minimum Gasteiger partial charge on any atom is -0.468 e. The van der Waals surface area contributed by atoms with E-state index in [4.69, 9.17) is 9.15 Å². The number of carbonyl (C=O) groups excluding carboxylic acids is 1. The minimum absolute atomic E-state index is 0.184. The highest BCUT2D eigenvalue weighted by atomic mass is 16.6. The predicted molar refractivity (Wildman–Crippen MR) is 82.5 cm³/mol. The summed E-state index contributed by atoms with van der Waals surface area (Å²) in [6, 6.07) is 3.51. The largest absolute Gasteiger partial charge is 0.468 e. The number of nitrogens with zero attached hydrogens (tertiary/aromatic N) is 2. The summed E-state index contributed by atoms with van der Waals surface area (Å²) < 4.78 is 10.8. The van der Waals surface area contributed by atoms with E-state index in [1.807, 2.05) is 32.9 Å². The first-order valence-electron chi connectivity index (χ1n) is 7.71. The van der Waals surface area contributed by atoms with Gasteiger partial charge in [0.2, 0.25) is 0 Å². The molecule has 1 aliphatic rings. The third-order valence-electron chi connectivity index (χ3n) is 3.65. The van der Waals surface area contributed by atoms with Crippen molar-refractivity contribution >= 4 is 6.09 Å². The van der Waals surface area contributed by atoms with Crippen LogP contribution in [0.4, 0.5) is 4.79 Å². The zero-order chi connectivity index (χ0) is 16.3. The van der Waals surface area contributed by atoms with Crippen LogP contribution < -0.4 is 0 Å². The van der Waals surface area contributed by atoms with E-state index in [2.05, 4.69) is 4.90 Å². The molecule has 1 N–H and O–H groups in total. The number of amides is 1. The summed E-state index contributed by atoms with van der Waals surface area (Å²) in [6.07, 6.45) is 0.791. The van der Waals surface area contributed by atoms with Gasteiger partial charge in [0.1, 0.15) is 11.4 Å². The van der Waals surface area contributed by atoms with Gasteiger partial charge in [0.05, 0.1) is 18.4 Å². The van der Waals surface area contributed by atoms with Crippen LogP contribution in [0.1, 0.15) is 39.5 Å². The third-order valence-corrected chi connectivity index (χ3v) is 3.65. The van der Waals surface area contributed by atoms with E-state index in [0.29, 0.717) is 26.2 Å². The van der Waals surface area contributed by atoms with Gasteiger partial charge in [0.15, 0.2) is 0 Å². The Morgan fingerprint density at radius 1 is 1.32 bits per heavy atom. The third kappa shape index (κ3) is 4.24. The molecule has 124 valence electrons. The number of ether oxygens (including phenoxy) is 1. The number of hydrogen-bond acceptors (Lipinski definition) is 5. The first kappa shape index (κ1) is 16.8. The van der Waals surface area contributed by atoms with Crippen LogP contribution >= 0.6 is 0 Å². The Hall–Kier alpha value is -1.53. The molecule has 1 fully saturated rings. The molecule has 0 radical (unpaired) electrons. The van der Waals surface area contributed by atoms with Crippen LogP contribution in [0.2, 0.25) is 0 Å². The number of piperazine rings is 1. The van der Waals surface area contributed by atoms with E-state index in [1.54, 1.807) is 18.1 Å². The van der Waals surface area contributed by atoms with Crippen molar-refractivity contribution in [2.24, 2.45) is 0 Å². The lowest BCUT2D eigenvalue weighted by atomic mass is 10.1. The Kier molecular flexibility index (Phi) is 5.13. The molecular weight excluding hydrogens is 284 g/mol. The van der Waals surface area contributed by atoms with Gasteiger partial charge in [-0.1, -0.05) is 0 Å². The lowest BCUT2D eigenvalue weighted by molar-refractivity contribution is -0.00636. The van der Waals surface area contributed by atoms with Crippen LogP contribution in [0.5, 0.6) is 0 Å². The number of furan rings is 1. The van der Waals surface area contributed by atoms with E-state index < -0.39 is 11.7 Å². The molecule has 1 saturated heterocycles. The SMILES string of the molecule is CC(O)C(c1ccco1)N1CCN(C(=O)OC(C)(C)C)CC1. The molecule has 0 bridgehead atoms. The zero-order valence-electron chi connectivity index (χ0n) is 13.8. The van der Waals surface area contributed by atoms with Gasteiger partial charge in [0.25, 0.3) is 0 Å². The average molecular weight is 310 g/mol. The number of aliphatic hydroxyl groups is 1. The van der Waals surface area contributed by atoms with E-state index in [9.17, 15) is 9.90 Å². The van der Waals surface area contributed by atoms with Crippen LogP contribution in [0, 0.1) is 0 Å². The lowest BCUT2D eigenvalue weighted by Gasteiger charge is -2.39. The molecule has 1 aromatic rings. The molecule has 0 spiro atoms. The van der Waals surface area contributed by atoms with Crippen molar-refractivity contribution in [3.05, 3.63) is 24.2 Å². The monoisotopic (exact) mass is 310 g/mol. The van der Waals surface area contributed by atoms with Crippen molar-refractivity contribution < 1.29 is 19.1 Å². The second-order valence-corrected chi connectivity index (χ2v) is 6.70. The molecule has 2 unspecified atom stereocenters. The molecule has 0 saturated carbocycles. The zero-order valence-corrected chi connectivity index (χ0v) is 13.8. The highest BCUT2D eigenvalue weighted by molar-refractivity contribution is 5.68. The van der Waals surface area contributed by atoms with Crippen molar-refractivity contribution in [3.63, 3.8) is 0 Å². The number of rotatable bonds is 3. The smallest absolute Gasteiger partial charge is 0.410 e. The van der Waals surface area contributed by atoms with Gasteiger partial charge in [-0.2, -0.15) is 0 Å². The second kappa shape index (κ2) is 6.71. The summed E-state index contributed by atoms with van der Waals surface area (Å²) in [6.45, 7) is 9.86. The van der Waals surface area contributed by atoms with E-state index >= 15 is 0 Å². The Labute approximate surface area is 131 Å². The minimum atomic E-state index is -0.542. The van der Waals surface area contributed by atoms with Gasteiger partial charge in [-0.3, -0.25) is 4.90 Å². The van der Waals surface area contributed by atoms with E-state index in [1.165, 1.54) is 0 Å². The van der Waals surface area contributed by atoms with Gasteiger partial charge >= 0.3 is 6.09 Å². The topological polar surface area (TPSA) is 66.2 Å². The molecule has 1 aliphatic heterocycles. The molecule has 6 heteroatoms. The van der Waals surface area contributed by atoms with E-state index in [-0.39, 0.29) is 12.1 Å². The maximum absolute atomic E-state index is 12.1. The van der Waals surface area contributed by atoms with Gasteiger partial charge < -0.3 is 19.2 Å². The first-order chi connectivity index (χ1) is 10.3. The molecule has 1 aromatic heterocycles. The molecule has 2 rings (SSSR count). The summed E-state index contributed by atoms with van der Waals surface area (Å²) in [4.78, 5) is 15.9. The van der Waals surface area contributed by atoms with Crippen LogP contribution in [0.3, 0.4) is 0 Å². The first-order valence-corrected chi connectivity index (χ1v) is 7.71. The summed E-state index contributed by atoms with van der Waals surface area (Å²) in [5.41, 5.74) is -0.482. The maximum Gasteiger partial charge on any atom is 0.410 e. The van der Waals surface area contributed by atoms with Gasteiger partial charge in [-0.05, 0) is 39.8 Å². The van der Waals surface area contributed by atoms with Gasteiger partial charge in [0, 0.05) is 26.2 Å². The Morgan fingerprint density at radius 2 is 1.95 bits per heavy atom. The van der Waals surface area contributed by atoms with Crippen molar-refractivity contribution in [2.45, 2.75) is 45.4 Å². The standard InChI is InChI=1S/C16H26N2O4/c1-12(19)14(13-6-5-11-21-13)17-7-9-18(10-8-17)15(20)22-16(2,3)4/h5-6,11-12,14,19H,7-10H2,1-4H3. The van der Waals surface area contributed by atoms with Crippen molar-refractivity contribution in [3.8, 4) is 0 Å². The Bertz CT molecular complexity index is 471. The highest BCUT2D eigenvalue weighted by Crippen LogP contribution is 2.26. The van der Waals surface area contributed by atoms with Crippen LogP contribution in [-0.2, 0) is 4.74 Å². The predicted octanol–water partition coefficient (Wildman–Crippen LogP) is 2.25. The van der Waals surface area contributed by atoms with Crippen LogP contribution in [0.15, 0.2) is 22.8 Å². The van der Waals surface area contributed by atoms with Crippen molar-refractivity contribution in [1.82, 2.24) is 9.80 Å². The molecule has 0 aromatic carbocycles. The molecule has 6 nitrogen and oxygen atoms in total. The molecule has 2 atom stereocenters. The number of carbonyl (C=O) groups is 1. The van der Waals surface area contributed by atoms with Gasteiger partial charge in [-0.25, -0.2) is 4.79 Å². The fourth-order valence-corrected chi connectivity index (χ4v) is 2.69. The van der Waals surface area contributed by atoms with E-state index in [0.717, 1.165) is 5.76 Å². The molecule has 2 heterocycles. The molecular formula is C16H26N2O4. The summed E-state index contributed by atoms with van der Waals surface area (Å²) in [5.74, 6) is 0.751. The molecule has 1 amide bonds. The fourth-order valence-electron chi connectivity index (χ4n) is 2.69. The number of hydrogen-bond donors (Lipinski definition) is 1. The summed E-state index contributed by atoms with van der Waals surface area (Å²) in [7, 11) is 0. The Morgan fingerprint density at radius 3 is 2.41 bits per heavy atom. The quantitative estimate of drug-likeness (QED) is 0.927. The molecule has 0 aliphatic carbocycles. The Balaban J connectivity index is 1.95. The highest BCUT2D eigenvalue weighted by Gasteiger charge is 2.32. The normalized spacial score (nSPS) is 19.8. The average Bonchev–Trinajstić information content (AvgIpc) is 2.91. The number of aliphatic hydroxyl groups excluding tert-OH is 1. The fraction of sp³-hybridized carbons (Fsp3) is 0.688. The second-order valence-electron chi connectivity index (χ2n) is 6.70.